The second kappa shape index (κ2) is 3.84. The zero-order valence-electron chi connectivity index (χ0n) is 10.9. The largest absolute Gasteiger partial charge is 0.389 e. The Labute approximate surface area is 109 Å². The fourth-order valence-electron chi connectivity index (χ4n) is 4.93. The van der Waals surface area contributed by atoms with Crippen molar-refractivity contribution in [2.75, 3.05) is 0 Å². The van der Waals surface area contributed by atoms with E-state index in [1.165, 1.54) is 36.8 Å². The molecule has 3 atom stereocenters. The first kappa shape index (κ1) is 11.0. The van der Waals surface area contributed by atoms with Gasteiger partial charge >= 0.3 is 0 Å². The predicted molar refractivity (Wildman–Crippen MR) is 72.4 cm³/mol. The quantitative estimate of drug-likeness (QED) is 0.843. The highest BCUT2D eigenvalue weighted by Crippen LogP contribution is 2.52. The third-order valence-electron chi connectivity index (χ3n) is 5.68. The molecule has 1 N–H and O–H groups in total. The molecule has 96 valence electrons. The maximum absolute atomic E-state index is 10.9. The fraction of sp³-hybridized carbons (Fsp3) is 0.647. The van der Waals surface area contributed by atoms with Crippen molar-refractivity contribution in [3.05, 3.63) is 35.4 Å². The van der Waals surface area contributed by atoms with Gasteiger partial charge in [-0.2, -0.15) is 0 Å². The van der Waals surface area contributed by atoms with E-state index in [1.807, 2.05) is 0 Å². The summed E-state index contributed by atoms with van der Waals surface area (Å²) in [5.41, 5.74) is 2.32. The normalized spacial score (nSPS) is 35.9. The van der Waals surface area contributed by atoms with Gasteiger partial charge in [-0.15, -0.1) is 0 Å². The Balaban J connectivity index is 1.50. The highest BCUT2D eigenvalue weighted by atomic mass is 16.3. The maximum Gasteiger partial charge on any atom is 0.0731 e. The number of hydrogen-bond donors (Lipinski definition) is 1. The molecule has 4 rings (SSSR count). The summed E-state index contributed by atoms with van der Waals surface area (Å²) in [7, 11) is 0. The first-order valence-corrected chi connectivity index (χ1v) is 7.51. The molecule has 3 aliphatic carbocycles. The monoisotopic (exact) mass is 242 g/mol. The second-order valence-electron chi connectivity index (χ2n) is 6.99. The van der Waals surface area contributed by atoms with Crippen LogP contribution in [0.4, 0.5) is 0 Å². The van der Waals surface area contributed by atoms with E-state index >= 15 is 0 Å². The van der Waals surface area contributed by atoms with E-state index in [4.69, 9.17) is 0 Å². The lowest BCUT2D eigenvalue weighted by molar-refractivity contribution is 0.0166. The molecule has 0 aromatic heterocycles. The minimum Gasteiger partial charge on any atom is -0.389 e. The Bertz CT molecular complexity index is 439. The lowest BCUT2D eigenvalue weighted by atomic mass is 9.79. The molecule has 0 radical (unpaired) electrons. The lowest BCUT2D eigenvalue weighted by Crippen LogP contribution is -2.33. The van der Waals surface area contributed by atoms with E-state index in [9.17, 15) is 5.11 Å². The van der Waals surface area contributed by atoms with Crippen LogP contribution in [0.5, 0.6) is 0 Å². The van der Waals surface area contributed by atoms with Gasteiger partial charge in [0.2, 0.25) is 0 Å². The van der Waals surface area contributed by atoms with Crippen LogP contribution in [-0.4, -0.2) is 10.7 Å². The number of hydrogen-bond acceptors (Lipinski definition) is 1. The summed E-state index contributed by atoms with van der Waals surface area (Å²) in [4.78, 5) is 0. The van der Waals surface area contributed by atoms with Crippen molar-refractivity contribution in [2.24, 2.45) is 17.8 Å². The van der Waals surface area contributed by atoms with Gasteiger partial charge in [-0.1, -0.05) is 30.7 Å². The standard InChI is InChI=1S/C17H22O/c18-17(9-14-3-1-2-4-15(14)10-17)11-16-8-12-5-6-13(16)7-12/h1-4,12-13,16,18H,5-11H2. The van der Waals surface area contributed by atoms with E-state index in [1.54, 1.807) is 0 Å². The van der Waals surface area contributed by atoms with Crippen molar-refractivity contribution >= 4 is 0 Å². The summed E-state index contributed by atoms with van der Waals surface area (Å²) in [6, 6.07) is 8.58. The minimum absolute atomic E-state index is 0.432. The van der Waals surface area contributed by atoms with Crippen molar-refractivity contribution in [1.82, 2.24) is 0 Å². The van der Waals surface area contributed by atoms with Gasteiger partial charge in [0.15, 0.2) is 0 Å². The van der Waals surface area contributed by atoms with Gasteiger partial charge < -0.3 is 5.11 Å². The predicted octanol–water partition coefficient (Wildman–Crippen LogP) is 3.34. The van der Waals surface area contributed by atoms with Crippen LogP contribution < -0.4 is 0 Å². The topological polar surface area (TPSA) is 20.2 Å². The smallest absolute Gasteiger partial charge is 0.0731 e. The summed E-state index contributed by atoms with van der Waals surface area (Å²) < 4.78 is 0. The molecule has 18 heavy (non-hydrogen) atoms. The van der Waals surface area contributed by atoms with Gasteiger partial charge in [-0.25, -0.2) is 0 Å². The van der Waals surface area contributed by atoms with Crippen LogP contribution in [0.15, 0.2) is 24.3 Å². The molecule has 2 bridgehead atoms. The van der Waals surface area contributed by atoms with Gasteiger partial charge in [0, 0.05) is 12.8 Å². The van der Waals surface area contributed by atoms with Gasteiger partial charge in [0.25, 0.3) is 0 Å². The fourth-order valence-corrected chi connectivity index (χ4v) is 4.93. The number of benzene rings is 1. The van der Waals surface area contributed by atoms with E-state index < -0.39 is 5.60 Å². The van der Waals surface area contributed by atoms with E-state index in [0.29, 0.717) is 0 Å². The molecular weight excluding hydrogens is 220 g/mol. The summed E-state index contributed by atoms with van der Waals surface area (Å²) in [5, 5.41) is 10.9. The average molecular weight is 242 g/mol. The first-order chi connectivity index (χ1) is 8.72. The maximum atomic E-state index is 10.9. The number of aliphatic hydroxyl groups is 1. The SMILES string of the molecule is OC1(CC2CC3CCC2C3)Cc2ccccc2C1. The summed E-state index contributed by atoms with van der Waals surface area (Å²) in [5.74, 6) is 2.73. The van der Waals surface area contributed by atoms with Crippen LogP contribution in [0.1, 0.15) is 43.2 Å². The third kappa shape index (κ3) is 1.72. The molecule has 0 saturated heterocycles. The second-order valence-corrected chi connectivity index (χ2v) is 6.99. The Kier molecular flexibility index (Phi) is 2.35. The highest BCUT2D eigenvalue weighted by Gasteiger charge is 2.44. The van der Waals surface area contributed by atoms with Crippen LogP contribution in [0, 0.1) is 17.8 Å². The Hall–Kier alpha value is -0.820. The minimum atomic E-state index is -0.432. The van der Waals surface area contributed by atoms with E-state index in [0.717, 1.165) is 37.0 Å². The molecule has 0 heterocycles. The lowest BCUT2D eigenvalue weighted by Gasteiger charge is -2.30. The molecule has 1 heteroatoms. The van der Waals surface area contributed by atoms with Crippen molar-refractivity contribution in [3.63, 3.8) is 0 Å². The van der Waals surface area contributed by atoms with Crippen molar-refractivity contribution < 1.29 is 5.11 Å². The van der Waals surface area contributed by atoms with Crippen LogP contribution in [0.2, 0.25) is 0 Å². The number of fused-ring (bicyclic) bond motifs is 3. The summed E-state index contributed by atoms with van der Waals surface area (Å²) in [6.45, 7) is 0. The van der Waals surface area contributed by atoms with Crippen LogP contribution >= 0.6 is 0 Å². The average Bonchev–Trinajstić information content (AvgIpc) is 3.00. The first-order valence-electron chi connectivity index (χ1n) is 7.51. The van der Waals surface area contributed by atoms with Gasteiger partial charge in [-0.3, -0.25) is 0 Å². The molecule has 3 aliphatic rings. The Morgan fingerprint density at radius 3 is 2.33 bits per heavy atom. The highest BCUT2D eigenvalue weighted by molar-refractivity contribution is 5.35. The molecule has 2 fully saturated rings. The molecule has 2 saturated carbocycles. The molecule has 0 aliphatic heterocycles. The zero-order valence-corrected chi connectivity index (χ0v) is 10.9. The summed E-state index contributed by atoms with van der Waals surface area (Å²) in [6.07, 6.45) is 8.55. The van der Waals surface area contributed by atoms with Gasteiger partial charge in [0.1, 0.15) is 0 Å². The van der Waals surface area contributed by atoms with Gasteiger partial charge in [0.05, 0.1) is 5.60 Å². The van der Waals surface area contributed by atoms with Crippen LogP contribution in [0.3, 0.4) is 0 Å². The van der Waals surface area contributed by atoms with Crippen molar-refractivity contribution in [2.45, 2.75) is 50.5 Å². The number of rotatable bonds is 2. The van der Waals surface area contributed by atoms with Crippen LogP contribution in [-0.2, 0) is 12.8 Å². The van der Waals surface area contributed by atoms with E-state index in [-0.39, 0.29) is 0 Å². The molecule has 0 amide bonds. The van der Waals surface area contributed by atoms with E-state index in [2.05, 4.69) is 24.3 Å². The molecule has 3 unspecified atom stereocenters. The molecule has 1 aromatic carbocycles. The molecular formula is C17H22O. The molecule has 1 nitrogen and oxygen atoms in total. The Morgan fingerprint density at radius 2 is 1.78 bits per heavy atom. The van der Waals surface area contributed by atoms with Crippen molar-refractivity contribution in [1.29, 1.82) is 0 Å². The van der Waals surface area contributed by atoms with Gasteiger partial charge in [-0.05, 0) is 54.6 Å². The third-order valence-corrected chi connectivity index (χ3v) is 5.68. The zero-order chi connectivity index (χ0) is 12.2. The van der Waals surface area contributed by atoms with Crippen LogP contribution in [0.25, 0.3) is 0 Å². The molecule has 0 spiro atoms. The Morgan fingerprint density at radius 1 is 1.06 bits per heavy atom. The summed E-state index contributed by atoms with van der Waals surface area (Å²) >= 11 is 0. The van der Waals surface area contributed by atoms with Crippen molar-refractivity contribution in [3.8, 4) is 0 Å². The molecule has 1 aromatic rings.